The van der Waals surface area contributed by atoms with Crippen LogP contribution in [-0.4, -0.2) is 18.6 Å². The first-order valence-corrected chi connectivity index (χ1v) is 6.40. The van der Waals surface area contributed by atoms with Gasteiger partial charge >= 0.3 is 0 Å². The van der Waals surface area contributed by atoms with Crippen molar-refractivity contribution in [3.63, 3.8) is 0 Å². The number of rotatable bonds is 5. The molecule has 0 saturated carbocycles. The van der Waals surface area contributed by atoms with Crippen LogP contribution in [0.15, 0.2) is 30.9 Å². The maximum atomic E-state index is 5.84. The fourth-order valence-corrected chi connectivity index (χ4v) is 2.45. The monoisotopic (exact) mass is 252 g/mol. The first kappa shape index (κ1) is 12.3. The van der Waals surface area contributed by atoms with E-state index < -0.39 is 0 Å². The molecule has 1 heterocycles. The third-order valence-corrected chi connectivity index (χ3v) is 3.27. The molecule has 0 N–H and O–H groups in total. The molecule has 0 radical (unpaired) electrons. The summed E-state index contributed by atoms with van der Waals surface area (Å²) in [6.07, 6.45) is 2.86. The summed E-state index contributed by atoms with van der Waals surface area (Å²) in [5.74, 6) is 2.84. The van der Waals surface area contributed by atoms with Crippen molar-refractivity contribution in [3.8, 4) is 11.5 Å². The van der Waals surface area contributed by atoms with Crippen LogP contribution in [0.2, 0.25) is 0 Å². The average molecular weight is 253 g/mol. The second-order valence-corrected chi connectivity index (χ2v) is 4.58. The van der Waals surface area contributed by atoms with Crippen molar-refractivity contribution in [1.29, 1.82) is 0 Å². The lowest BCUT2D eigenvalue weighted by Gasteiger charge is -2.13. The molecule has 2 nitrogen and oxygen atoms in total. The Kier molecular flexibility index (Phi) is 3.95. The van der Waals surface area contributed by atoms with Crippen molar-refractivity contribution < 1.29 is 9.47 Å². The predicted octanol–water partition coefficient (Wildman–Crippen LogP) is 3.74. The van der Waals surface area contributed by atoms with Crippen LogP contribution < -0.4 is 9.47 Å². The maximum absolute atomic E-state index is 5.84. The Balaban J connectivity index is 2.21. The Labute approximate surface area is 107 Å². The molecule has 2 atom stereocenters. The van der Waals surface area contributed by atoms with E-state index in [1.807, 2.05) is 12.1 Å². The quantitative estimate of drug-likeness (QED) is 0.587. The van der Waals surface area contributed by atoms with Crippen molar-refractivity contribution in [1.82, 2.24) is 0 Å². The minimum atomic E-state index is 0.193. The first-order valence-electron chi connectivity index (χ1n) is 5.86. The molecule has 0 aliphatic carbocycles. The molecule has 0 bridgehead atoms. The van der Waals surface area contributed by atoms with E-state index >= 15 is 0 Å². The van der Waals surface area contributed by atoms with Crippen LogP contribution in [0.1, 0.15) is 24.8 Å². The summed E-state index contributed by atoms with van der Waals surface area (Å²) in [4.78, 5) is 0. The largest absolute Gasteiger partial charge is 0.490 e. The van der Waals surface area contributed by atoms with E-state index in [9.17, 15) is 0 Å². The Bertz CT molecular complexity index is 403. The summed E-state index contributed by atoms with van der Waals surface area (Å²) in [6, 6.07) is 5.95. The molecule has 0 amide bonds. The third-order valence-electron chi connectivity index (χ3n) is 3.05. The summed E-state index contributed by atoms with van der Waals surface area (Å²) < 4.78 is 11.3. The Morgan fingerprint density at radius 3 is 3.06 bits per heavy atom. The fourth-order valence-electron chi connectivity index (χ4n) is 2.21. The highest BCUT2D eigenvalue weighted by atomic mass is 35.5. The molecule has 0 spiro atoms. The number of hydrogen-bond donors (Lipinski definition) is 0. The minimum Gasteiger partial charge on any atom is -0.490 e. The van der Waals surface area contributed by atoms with Crippen LogP contribution in [0.25, 0.3) is 0 Å². The summed E-state index contributed by atoms with van der Waals surface area (Å²) in [7, 11) is 0. The highest BCUT2D eigenvalue weighted by Gasteiger charge is 2.30. The molecule has 3 heteroatoms. The Morgan fingerprint density at radius 2 is 2.35 bits per heavy atom. The zero-order chi connectivity index (χ0) is 12.3. The lowest BCUT2D eigenvalue weighted by molar-refractivity contribution is 0.224. The van der Waals surface area contributed by atoms with Crippen LogP contribution in [0, 0.1) is 0 Å². The molecule has 92 valence electrons. The van der Waals surface area contributed by atoms with Crippen LogP contribution >= 0.6 is 11.6 Å². The number of ether oxygens (including phenoxy) is 2. The molecule has 0 fully saturated rings. The second-order valence-electron chi connectivity index (χ2n) is 4.21. The van der Waals surface area contributed by atoms with E-state index in [4.69, 9.17) is 21.1 Å². The summed E-state index contributed by atoms with van der Waals surface area (Å²) in [5.41, 5.74) is 1.21. The van der Waals surface area contributed by atoms with Gasteiger partial charge in [0.05, 0.1) is 0 Å². The van der Waals surface area contributed by atoms with E-state index in [2.05, 4.69) is 19.6 Å². The molecule has 0 saturated heterocycles. The molecule has 1 aromatic rings. The maximum Gasteiger partial charge on any atom is 0.123 e. The minimum absolute atomic E-state index is 0.193. The second kappa shape index (κ2) is 5.46. The lowest BCUT2D eigenvalue weighted by atomic mass is 9.93. The van der Waals surface area contributed by atoms with E-state index in [1.54, 1.807) is 6.08 Å². The lowest BCUT2D eigenvalue weighted by Crippen LogP contribution is -2.14. The van der Waals surface area contributed by atoms with Gasteiger partial charge in [0.25, 0.3) is 0 Å². The highest BCUT2D eigenvalue weighted by Crippen LogP contribution is 2.42. The van der Waals surface area contributed by atoms with Gasteiger partial charge in [-0.2, -0.15) is 0 Å². The standard InChI is InChI=1S/C14H17ClO2/c1-3-8-16-11-4-5-14-13(9-11)12(6-7-15)10(2)17-14/h3-5,9-10,12H,1,6-8H2,2H3/t10?,12-/m1/s1. The van der Waals surface area contributed by atoms with Crippen LogP contribution in [0.3, 0.4) is 0 Å². The van der Waals surface area contributed by atoms with Gasteiger partial charge in [0, 0.05) is 17.4 Å². The van der Waals surface area contributed by atoms with Crippen molar-refractivity contribution in [3.05, 3.63) is 36.4 Å². The van der Waals surface area contributed by atoms with Crippen molar-refractivity contribution in [2.24, 2.45) is 0 Å². The van der Waals surface area contributed by atoms with Crippen LogP contribution in [-0.2, 0) is 0 Å². The molecule has 0 aromatic heterocycles. The number of fused-ring (bicyclic) bond motifs is 1. The molecule has 17 heavy (non-hydrogen) atoms. The number of benzene rings is 1. The molecular weight excluding hydrogens is 236 g/mol. The number of hydrogen-bond acceptors (Lipinski definition) is 2. The molecule has 1 aliphatic heterocycles. The SMILES string of the molecule is C=CCOc1ccc2c(c1)[C@H](CCCl)C(C)O2. The van der Waals surface area contributed by atoms with Crippen molar-refractivity contribution in [2.45, 2.75) is 25.4 Å². The van der Waals surface area contributed by atoms with Gasteiger partial charge in [-0.3, -0.25) is 0 Å². The number of alkyl halides is 1. The van der Waals surface area contributed by atoms with E-state index in [1.165, 1.54) is 5.56 Å². The van der Waals surface area contributed by atoms with Crippen molar-refractivity contribution >= 4 is 11.6 Å². The third kappa shape index (κ3) is 2.58. The average Bonchev–Trinajstić information content (AvgIpc) is 2.64. The summed E-state index contributed by atoms with van der Waals surface area (Å²) >= 11 is 5.84. The van der Waals surface area contributed by atoms with Crippen LogP contribution in [0.4, 0.5) is 0 Å². The Morgan fingerprint density at radius 1 is 1.53 bits per heavy atom. The fraction of sp³-hybridized carbons (Fsp3) is 0.429. The predicted molar refractivity (Wildman–Crippen MR) is 70.3 cm³/mol. The van der Waals surface area contributed by atoms with Gasteiger partial charge in [-0.25, -0.2) is 0 Å². The normalized spacial score (nSPS) is 21.8. The van der Waals surface area contributed by atoms with Gasteiger partial charge in [-0.1, -0.05) is 12.7 Å². The number of halogens is 1. The van der Waals surface area contributed by atoms with Gasteiger partial charge in [0.2, 0.25) is 0 Å². The zero-order valence-electron chi connectivity index (χ0n) is 9.99. The smallest absolute Gasteiger partial charge is 0.123 e. The van der Waals surface area contributed by atoms with Crippen LogP contribution in [0.5, 0.6) is 11.5 Å². The molecule has 1 unspecified atom stereocenters. The summed E-state index contributed by atoms with van der Waals surface area (Å²) in [5, 5.41) is 0. The van der Waals surface area contributed by atoms with Gasteiger partial charge in [-0.05, 0) is 31.5 Å². The van der Waals surface area contributed by atoms with Gasteiger partial charge < -0.3 is 9.47 Å². The van der Waals surface area contributed by atoms with E-state index in [0.717, 1.165) is 17.9 Å². The highest BCUT2D eigenvalue weighted by molar-refractivity contribution is 6.17. The van der Waals surface area contributed by atoms with E-state index in [-0.39, 0.29) is 6.10 Å². The van der Waals surface area contributed by atoms with Crippen molar-refractivity contribution in [2.75, 3.05) is 12.5 Å². The topological polar surface area (TPSA) is 18.5 Å². The zero-order valence-corrected chi connectivity index (χ0v) is 10.7. The van der Waals surface area contributed by atoms with Gasteiger partial charge in [0.1, 0.15) is 24.2 Å². The van der Waals surface area contributed by atoms with Gasteiger partial charge in [-0.15, -0.1) is 11.6 Å². The van der Waals surface area contributed by atoms with E-state index in [0.29, 0.717) is 18.4 Å². The molecule has 2 rings (SSSR count). The Hall–Kier alpha value is -1.15. The molecule has 1 aliphatic rings. The summed E-state index contributed by atoms with van der Waals surface area (Å²) in [6.45, 7) is 6.25. The van der Waals surface area contributed by atoms with Gasteiger partial charge in [0.15, 0.2) is 0 Å². The first-order chi connectivity index (χ1) is 8.26. The molecule has 1 aromatic carbocycles. The molecular formula is C14H17ClO2.